The zero-order valence-electron chi connectivity index (χ0n) is 19.2. The number of quaternary nitrogens is 1. The maximum absolute atomic E-state index is 13.5. The van der Waals surface area contributed by atoms with Gasteiger partial charge < -0.3 is 26.0 Å². The number of hydrogen-bond donors (Lipinski definition) is 0. The third-order valence-electron chi connectivity index (χ3n) is 7.05. The van der Waals surface area contributed by atoms with Crippen molar-refractivity contribution in [3.8, 4) is 10.6 Å². The maximum atomic E-state index is 13.5. The Balaban J connectivity index is 0.00000259. The van der Waals surface area contributed by atoms with Gasteiger partial charge in [0.2, 0.25) is 11.8 Å². The van der Waals surface area contributed by atoms with Crippen molar-refractivity contribution in [1.29, 1.82) is 0 Å². The van der Waals surface area contributed by atoms with Crippen LogP contribution < -0.4 is 17.0 Å². The van der Waals surface area contributed by atoms with Crippen molar-refractivity contribution in [2.45, 2.75) is 37.8 Å². The molecule has 0 aliphatic carbocycles. The minimum atomic E-state index is -0.365. The SMILES string of the molecule is C[N+](C)(C)CCCCN1C(=O)[C@@H]2[C@H](C1=O)[C@H](c1cc(-c3ccc(Cl)s3)on1)N1CCC[C@@H]21.[Br-]. The Morgan fingerprint density at radius 1 is 1.18 bits per heavy atom. The fraction of sp³-hybridized carbons (Fsp3) is 0.609. The van der Waals surface area contributed by atoms with E-state index in [1.165, 1.54) is 16.2 Å². The smallest absolute Gasteiger partial charge is 0.235 e. The summed E-state index contributed by atoms with van der Waals surface area (Å²) in [4.78, 5) is 31.6. The van der Waals surface area contributed by atoms with E-state index < -0.39 is 0 Å². The molecule has 2 aromatic heterocycles. The first-order valence-electron chi connectivity index (χ1n) is 11.4. The Labute approximate surface area is 214 Å². The molecule has 0 N–H and O–H groups in total. The third kappa shape index (κ3) is 4.55. The summed E-state index contributed by atoms with van der Waals surface area (Å²) in [6.07, 6.45) is 3.83. The molecule has 3 aliphatic rings. The van der Waals surface area contributed by atoms with E-state index in [0.29, 0.717) is 16.6 Å². The van der Waals surface area contributed by atoms with Crippen LogP contribution in [0.5, 0.6) is 0 Å². The first-order chi connectivity index (χ1) is 15.2. The first-order valence-corrected chi connectivity index (χ1v) is 12.6. The molecule has 0 spiro atoms. The summed E-state index contributed by atoms with van der Waals surface area (Å²) in [6, 6.07) is 5.59. The van der Waals surface area contributed by atoms with Gasteiger partial charge in [0, 0.05) is 18.7 Å². The van der Waals surface area contributed by atoms with Crippen molar-refractivity contribution in [1.82, 2.24) is 15.0 Å². The van der Waals surface area contributed by atoms with Crippen LogP contribution in [0.25, 0.3) is 10.6 Å². The van der Waals surface area contributed by atoms with E-state index in [0.717, 1.165) is 53.8 Å². The topological polar surface area (TPSA) is 66.7 Å². The molecule has 33 heavy (non-hydrogen) atoms. The van der Waals surface area contributed by atoms with Crippen LogP contribution in [-0.4, -0.2) is 78.1 Å². The van der Waals surface area contributed by atoms with Crippen LogP contribution in [0.2, 0.25) is 4.34 Å². The minimum absolute atomic E-state index is 0. The van der Waals surface area contributed by atoms with E-state index in [1.54, 1.807) is 0 Å². The van der Waals surface area contributed by atoms with Gasteiger partial charge in [-0.15, -0.1) is 11.3 Å². The van der Waals surface area contributed by atoms with Crippen molar-refractivity contribution in [2.24, 2.45) is 11.8 Å². The highest BCUT2D eigenvalue weighted by Gasteiger charge is 2.63. The molecule has 0 bridgehead atoms. The molecule has 2 aromatic rings. The summed E-state index contributed by atoms with van der Waals surface area (Å²) < 4.78 is 7.21. The molecule has 4 atom stereocenters. The molecule has 10 heteroatoms. The Bertz CT molecular complexity index is 1040. The van der Waals surface area contributed by atoms with Crippen LogP contribution in [0.15, 0.2) is 22.7 Å². The molecule has 0 unspecified atom stereocenters. The first kappa shape index (κ1) is 24.9. The Morgan fingerprint density at radius 2 is 1.94 bits per heavy atom. The number of carbonyl (C=O) groups is 2. The summed E-state index contributed by atoms with van der Waals surface area (Å²) in [5, 5.41) is 4.35. The number of carbonyl (C=O) groups excluding carboxylic acids is 2. The molecular formula is C23H30BrClN4O3S. The zero-order valence-corrected chi connectivity index (χ0v) is 22.3. The summed E-state index contributed by atoms with van der Waals surface area (Å²) in [5.74, 6) is 0.0117. The highest BCUT2D eigenvalue weighted by molar-refractivity contribution is 7.19. The van der Waals surface area contributed by atoms with E-state index in [2.05, 4.69) is 31.2 Å². The van der Waals surface area contributed by atoms with Crippen molar-refractivity contribution < 1.29 is 35.6 Å². The second-order valence-corrected chi connectivity index (χ2v) is 11.9. The van der Waals surface area contributed by atoms with Gasteiger partial charge in [-0.1, -0.05) is 16.8 Å². The molecule has 3 aliphatic heterocycles. The van der Waals surface area contributed by atoms with Crippen molar-refractivity contribution in [2.75, 3.05) is 40.8 Å². The number of nitrogens with zero attached hydrogens (tertiary/aromatic N) is 4. The number of likely N-dealkylation sites (tertiary alicyclic amines) is 1. The lowest BCUT2D eigenvalue weighted by Crippen LogP contribution is -3.00. The van der Waals surface area contributed by atoms with E-state index in [1.807, 2.05) is 18.2 Å². The predicted molar refractivity (Wildman–Crippen MR) is 123 cm³/mol. The van der Waals surface area contributed by atoms with Crippen LogP contribution in [-0.2, 0) is 9.59 Å². The van der Waals surface area contributed by atoms with Crippen molar-refractivity contribution in [3.05, 3.63) is 28.2 Å². The van der Waals surface area contributed by atoms with E-state index >= 15 is 0 Å². The van der Waals surface area contributed by atoms with E-state index in [-0.39, 0.29) is 52.7 Å². The zero-order chi connectivity index (χ0) is 22.6. The van der Waals surface area contributed by atoms with E-state index in [9.17, 15) is 9.59 Å². The Morgan fingerprint density at radius 3 is 2.64 bits per heavy atom. The molecule has 3 fully saturated rings. The Hall–Kier alpha value is -1.26. The van der Waals surface area contributed by atoms with Crippen molar-refractivity contribution >= 4 is 34.8 Å². The largest absolute Gasteiger partial charge is 1.00 e. The highest BCUT2D eigenvalue weighted by Crippen LogP contribution is 2.53. The fourth-order valence-corrected chi connectivity index (χ4v) is 6.68. The predicted octanol–water partition coefficient (Wildman–Crippen LogP) is 0.667. The molecule has 2 amide bonds. The lowest BCUT2D eigenvalue weighted by atomic mass is 9.86. The van der Waals surface area contributed by atoms with E-state index in [4.69, 9.17) is 16.1 Å². The summed E-state index contributed by atoms with van der Waals surface area (Å²) >= 11 is 7.52. The third-order valence-corrected chi connectivity index (χ3v) is 8.30. The number of fused-ring (bicyclic) bond motifs is 3. The van der Waals surface area contributed by atoms with Crippen LogP contribution in [0.3, 0.4) is 0 Å². The van der Waals surface area contributed by atoms with Gasteiger partial charge >= 0.3 is 0 Å². The average Bonchev–Trinajstić information content (AvgIpc) is 3.50. The number of halogens is 2. The second kappa shape index (κ2) is 9.41. The maximum Gasteiger partial charge on any atom is 0.235 e. The van der Waals surface area contributed by atoms with Gasteiger partial charge in [-0.3, -0.25) is 19.4 Å². The van der Waals surface area contributed by atoms with Gasteiger partial charge in [-0.05, 0) is 44.4 Å². The lowest BCUT2D eigenvalue weighted by molar-refractivity contribution is -0.870. The number of imide groups is 1. The number of unbranched alkanes of at least 4 members (excludes halogenated alkanes) is 1. The van der Waals surface area contributed by atoms with Gasteiger partial charge in [-0.2, -0.15) is 0 Å². The summed E-state index contributed by atoms with van der Waals surface area (Å²) in [7, 11) is 6.48. The molecule has 0 aromatic carbocycles. The quantitative estimate of drug-likeness (QED) is 0.284. The van der Waals surface area contributed by atoms with Crippen LogP contribution >= 0.6 is 22.9 Å². The van der Waals surface area contributed by atoms with Gasteiger partial charge in [-0.25, -0.2) is 0 Å². The molecule has 5 rings (SSSR count). The fourth-order valence-electron chi connectivity index (χ4n) is 5.68. The highest BCUT2D eigenvalue weighted by atomic mass is 79.9. The number of thiophene rings is 1. The molecular weight excluding hydrogens is 528 g/mol. The van der Waals surface area contributed by atoms with Crippen LogP contribution in [0, 0.1) is 11.8 Å². The van der Waals surface area contributed by atoms with Gasteiger partial charge in [0.15, 0.2) is 5.76 Å². The van der Waals surface area contributed by atoms with Gasteiger partial charge in [0.25, 0.3) is 0 Å². The number of hydrogen-bond acceptors (Lipinski definition) is 6. The lowest BCUT2D eigenvalue weighted by Gasteiger charge is -2.27. The Kier molecular flexibility index (Phi) is 7.09. The normalized spacial score (nSPS) is 27.2. The molecule has 5 heterocycles. The molecule has 7 nitrogen and oxygen atoms in total. The molecule has 3 saturated heterocycles. The number of rotatable bonds is 7. The van der Waals surface area contributed by atoms with Gasteiger partial charge in [0.05, 0.1) is 54.8 Å². The summed E-state index contributed by atoms with van der Waals surface area (Å²) in [5.41, 5.74) is 0.747. The molecule has 180 valence electrons. The van der Waals surface area contributed by atoms with Crippen LogP contribution in [0.1, 0.15) is 37.4 Å². The molecule has 0 saturated carbocycles. The minimum Gasteiger partial charge on any atom is -1.00 e. The average molecular weight is 558 g/mol. The molecule has 0 radical (unpaired) electrons. The summed E-state index contributed by atoms with van der Waals surface area (Å²) in [6.45, 7) is 2.43. The number of aromatic nitrogens is 1. The van der Waals surface area contributed by atoms with Crippen LogP contribution in [0.4, 0.5) is 0 Å². The second-order valence-electron chi connectivity index (χ2n) is 10.2. The number of amides is 2. The standard InChI is InChI=1S/C23H30ClN4O3S.BrH/c1-28(2,3)12-5-4-10-27-22(29)19-15-7-6-11-26(15)21(20(19)23(27)30)14-13-16(31-25-14)17-8-9-18(24)32-17;/h8-9,13,15,19-21H,4-7,10-12H2,1-3H3;1H/q+1;/p-1/t15-,19-,20-,21-;/m0./s1. The van der Waals surface area contributed by atoms with Crippen molar-refractivity contribution in [3.63, 3.8) is 0 Å². The van der Waals surface area contributed by atoms with Gasteiger partial charge in [0.1, 0.15) is 5.69 Å². The monoisotopic (exact) mass is 556 g/mol.